The molecule has 0 atom stereocenters. The van der Waals surface area contributed by atoms with Gasteiger partial charge in [0.2, 0.25) is 0 Å². The standard InChI is InChI=1S/C28H28N2O2/c1-18-16-25(12-14-27(18)29)31-23-8-4-21(5-9-23)20(3)22-6-10-24(11-7-22)32-26-13-15-28(30)19(2)17-26/h4-17,20H,29-30H2,1-3H3. The molecule has 4 aromatic rings. The van der Waals surface area contributed by atoms with Crippen LogP contribution < -0.4 is 20.9 Å². The van der Waals surface area contributed by atoms with Gasteiger partial charge >= 0.3 is 0 Å². The lowest BCUT2D eigenvalue weighted by Crippen LogP contribution is -1.96. The summed E-state index contributed by atoms with van der Waals surface area (Å²) in [6.07, 6.45) is 0. The van der Waals surface area contributed by atoms with Crippen LogP contribution in [0, 0.1) is 13.8 Å². The van der Waals surface area contributed by atoms with Crippen LogP contribution in [-0.4, -0.2) is 0 Å². The second kappa shape index (κ2) is 9.06. The summed E-state index contributed by atoms with van der Waals surface area (Å²) in [7, 11) is 0. The Bertz CT molecular complexity index is 1120. The first-order valence-corrected chi connectivity index (χ1v) is 10.7. The van der Waals surface area contributed by atoms with Crippen LogP contribution in [0.1, 0.15) is 35.1 Å². The number of anilines is 2. The summed E-state index contributed by atoms with van der Waals surface area (Å²) in [5.74, 6) is 3.41. The zero-order valence-electron chi connectivity index (χ0n) is 18.6. The van der Waals surface area contributed by atoms with Gasteiger partial charge in [0.15, 0.2) is 0 Å². The van der Waals surface area contributed by atoms with Gasteiger partial charge in [0.1, 0.15) is 23.0 Å². The maximum atomic E-state index is 5.96. The van der Waals surface area contributed by atoms with Crippen molar-refractivity contribution in [2.45, 2.75) is 26.7 Å². The lowest BCUT2D eigenvalue weighted by atomic mass is 9.93. The SMILES string of the molecule is Cc1cc(Oc2ccc(C(C)c3ccc(Oc4ccc(N)c(C)c4)cc3)cc2)ccc1N. The Balaban J connectivity index is 1.42. The minimum absolute atomic E-state index is 0.246. The summed E-state index contributed by atoms with van der Waals surface area (Å²) in [5.41, 5.74) is 17.7. The maximum absolute atomic E-state index is 5.96. The topological polar surface area (TPSA) is 70.5 Å². The quantitative estimate of drug-likeness (QED) is 0.321. The van der Waals surface area contributed by atoms with Gasteiger partial charge in [-0.15, -0.1) is 0 Å². The fourth-order valence-corrected chi connectivity index (χ4v) is 3.54. The van der Waals surface area contributed by atoms with Crippen LogP contribution in [0.25, 0.3) is 0 Å². The molecule has 4 nitrogen and oxygen atoms in total. The molecular formula is C28H28N2O2. The summed E-state index contributed by atoms with van der Waals surface area (Å²) >= 11 is 0. The maximum Gasteiger partial charge on any atom is 0.127 e. The molecule has 0 saturated carbocycles. The van der Waals surface area contributed by atoms with Crippen molar-refractivity contribution >= 4 is 11.4 Å². The zero-order chi connectivity index (χ0) is 22.7. The number of nitrogens with two attached hydrogens (primary N) is 2. The summed E-state index contributed by atoms with van der Waals surface area (Å²) in [5, 5.41) is 0. The third-order valence-electron chi connectivity index (χ3n) is 5.71. The lowest BCUT2D eigenvalue weighted by Gasteiger charge is -2.15. The second-order valence-electron chi connectivity index (χ2n) is 8.10. The molecule has 4 aromatic carbocycles. The molecule has 0 bridgehead atoms. The number of nitrogen functional groups attached to an aromatic ring is 2. The summed E-state index contributed by atoms with van der Waals surface area (Å²) in [4.78, 5) is 0. The van der Waals surface area contributed by atoms with Crippen molar-refractivity contribution in [2.75, 3.05) is 11.5 Å². The third-order valence-corrected chi connectivity index (χ3v) is 5.71. The van der Waals surface area contributed by atoms with Crippen LogP contribution in [-0.2, 0) is 0 Å². The van der Waals surface area contributed by atoms with Crippen molar-refractivity contribution < 1.29 is 9.47 Å². The molecule has 4 heteroatoms. The minimum atomic E-state index is 0.246. The van der Waals surface area contributed by atoms with Crippen LogP contribution >= 0.6 is 0 Å². The molecule has 0 amide bonds. The average Bonchev–Trinajstić information content (AvgIpc) is 2.79. The van der Waals surface area contributed by atoms with Crippen molar-refractivity contribution in [3.05, 3.63) is 107 Å². The summed E-state index contributed by atoms with van der Waals surface area (Å²) in [6, 6.07) is 27.8. The monoisotopic (exact) mass is 424 g/mol. The van der Waals surface area contributed by atoms with E-state index in [1.54, 1.807) is 0 Å². The molecule has 0 spiro atoms. The molecule has 0 fully saturated rings. The second-order valence-corrected chi connectivity index (χ2v) is 8.10. The highest BCUT2D eigenvalue weighted by molar-refractivity contribution is 5.51. The normalized spacial score (nSPS) is 10.9. The van der Waals surface area contributed by atoms with Crippen LogP contribution in [0.3, 0.4) is 0 Å². The Morgan fingerprint density at radius 1 is 0.531 bits per heavy atom. The Labute approximate surface area is 189 Å². The van der Waals surface area contributed by atoms with E-state index in [4.69, 9.17) is 20.9 Å². The number of hydrogen-bond donors (Lipinski definition) is 2. The van der Waals surface area contributed by atoms with Crippen LogP contribution in [0.5, 0.6) is 23.0 Å². The van der Waals surface area contributed by atoms with E-state index < -0.39 is 0 Å². The zero-order valence-corrected chi connectivity index (χ0v) is 18.6. The Morgan fingerprint density at radius 2 is 0.875 bits per heavy atom. The van der Waals surface area contributed by atoms with E-state index in [2.05, 4.69) is 31.2 Å². The van der Waals surface area contributed by atoms with E-state index in [0.29, 0.717) is 0 Å². The highest BCUT2D eigenvalue weighted by Crippen LogP contribution is 2.31. The first kappa shape index (κ1) is 21.3. The van der Waals surface area contributed by atoms with Gasteiger partial charge < -0.3 is 20.9 Å². The summed E-state index contributed by atoms with van der Waals surface area (Å²) < 4.78 is 11.9. The highest BCUT2D eigenvalue weighted by atomic mass is 16.5. The van der Waals surface area contributed by atoms with Gasteiger partial charge in [0.05, 0.1) is 0 Å². The van der Waals surface area contributed by atoms with Crippen molar-refractivity contribution in [1.82, 2.24) is 0 Å². The van der Waals surface area contributed by atoms with E-state index >= 15 is 0 Å². The molecule has 0 aliphatic carbocycles. The first-order valence-electron chi connectivity index (χ1n) is 10.7. The van der Waals surface area contributed by atoms with Gasteiger partial charge in [-0.1, -0.05) is 31.2 Å². The van der Waals surface area contributed by atoms with E-state index in [0.717, 1.165) is 45.5 Å². The Morgan fingerprint density at radius 3 is 1.22 bits per heavy atom. The average molecular weight is 425 g/mol. The van der Waals surface area contributed by atoms with Gasteiger partial charge in [-0.2, -0.15) is 0 Å². The smallest absolute Gasteiger partial charge is 0.127 e. The fourth-order valence-electron chi connectivity index (χ4n) is 3.54. The predicted octanol–water partition coefficient (Wildman–Crippen LogP) is 7.20. The summed E-state index contributed by atoms with van der Waals surface area (Å²) in [6.45, 7) is 6.14. The molecule has 0 aromatic heterocycles. The number of benzene rings is 4. The van der Waals surface area contributed by atoms with Gasteiger partial charge in [0, 0.05) is 17.3 Å². The number of rotatable bonds is 6. The molecule has 162 valence electrons. The largest absolute Gasteiger partial charge is 0.457 e. The van der Waals surface area contributed by atoms with Gasteiger partial charge in [-0.25, -0.2) is 0 Å². The number of hydrogen-bond acceptors (Lipinski definition) is 4. The van der Waals surface area contributed by atoms with Gasteiger partial charge in [0.25, 0.3) is 0 Å². The van der Waals surface area contributed by atoms with E-state index in [9.17, 15) is 0 Å². The van der Waals surface area contributed by atoms with Crippen molar-refractivity contribution in [1.29, 1.82) is 0 Å². The Hall–Kier alpha value is -3.92. The molecule has 0 aliphatic rings. The number of ether oxygens (including phenoxy) is 2. The van der Waals surface area contributed by atoms with E-state index in [1.165, 1.54) is 11.1 Å². The lowest BCUT2D eigenvalue weighted by molar-refractivity contribution is 0.482. The molecule has 32 heavy (non-hydrogen) atoms. The molecular weight excluding hydrogens is 396 g/mol. The van der Waals surface area contributed by atoms with E-state index in [1.807, 2.05) is 74.5 Å². The molecule has 4 rings (SSSR count). The highest BCUT2D eigenvalue weighted by Gasteiger charge is 2.10. The molecule has 0 unspecified atom stereocenters. The Kier molecular flexibility index (Phi) is 6.04. The van der Waals surface area contributed by atoms with Crippen molar-refractivity contribution in [3.63, 3.8) is 0 Å². The first-order chi connectivity index (χ1) is 15.4. The van der Waals surface area contributed by atoms with Gasteiger partial charge in [-0.05, 0) is 96.8 Å². The van der Waals surface area contributed by atoms with E-state index in [-0.39, 0.29) is 5.92 Å². The van der Waals surface area contributed by atoms with Crippen LogP contribution in [0.15, 0.2) is 84.9 Å². The predicted molar refractivity (Wildman–Crippen MR) is 132 cm³/mol. The number of aryl methyl sites for hydroxylation is 2. The fraction of sp³-hybridized carbons (Fsp3) is 0.143. The minimum Gasteiger partial charge on any atom is -0.457 e. The van der Waals surface area contributed by atoms with Crippen molar-refractivity contribution in [2.24, 2.45) is 0 Å². The molecule has 0 aliphatic heterocycles. The molecule has 4 N–H and O–H groups in total. The van der Waals surface area contributed by atoms with Gasteiger partial charge in [-0.3, -0.25) is 0 Å². The molecule has 0 radical (unpaired) electrons. The van der Waals surface area contributed by atoms with Crippen LogP contribution in [0.4, 0.5) is 11.4 Å². The molecule has 0 saturated heterocycles. The van der Waals surface area contributed by atoms with Crippen LogP contribution in [0.2, 0.25) is 0 Å². The molecule has 0 heterocycles. The third kappa shape index (κ3) is 4.86. The van der Waals surface area contributed by atoms with Crippen molar-refractivity contribution in [3.8, 4) is 23.0 Å².